The lowest BCUT2D eigenvalue weighted by molar-refractivity contribution is 0.346. The van der Waals surface area contributed by atoms with Gasteiger partial charge in [-0.1, -0.05) is 178 Å². The highest BCUT2D eigenvalue weighted by Gasteiger charge is 2.15. The summed E-state index contributed by atoms with van der Waals surface area (Å²) in [7, 11) is 0. The van der Waals surface area contributed by atoms with Crippen LogP contribution in [0.2, 0.25) is 0 Å². The van der Waals surface area contributed by atoms with Gasteiger partial charge in [0.1, 0.15) is 11.5 Å². The number of thioether (sulfide) groups is 2. The largest absolute Gasteiger partial charge is 0.491 e. The summed E-state index contributed by atoms with van der Waals surface area (Å²) in [5.74, 6) is 6.57. The molecule has 46 heavy (non-hydrogen) atoms. The Bertz CT molecular complexity index is 1020. The summed E-state index contributed by atoms with van der Waals surface area (Å²) in [5.41, 5.74) is 0. The van der Waals surface area contributed by atoms with E-state index in [4.69, 9.17) is 9.47 Å². The third-order valence-electron chi connectivity index (χ3n) is 9.07. The number of fused-ring (bicyclic) bond motifs is 2. The summed E-state index contributed by atoms with van der Waals surface area (Å²) in [4.78, 5) is 0. The zero-order valence-corrected chi connectivity index (χ0v) is 31.3. The Morgan fingerprint density at radius 3 is 0.957 bits per heavy atom. The van der Waals surface area contributed by atoms with Gasteiger partial charge in [0.05, 0.1) is 13.2 Å². The number of hydrogen-bond acceptors (Lipinski definition) is 4. The Labute approximate surface area is 291 Å². The van der Waals surface area contributed by atoms with Crippen molar-refractivity contribution >= 4 is 45.1 Å². The van der Waals surface area contributed by atoms with Crippen LogP contribution in [0.25, 0.3) is 21.5 Å². The third-order valence-corrected chi connectivity index (χ3v) is 11.1. The number of unbranched alkanes of at least 4 members (excludes halogenated alkanes) is 18. The topological polar surface area (TPSA) is 18.5 Å². The van der Waals surface area contributed by atoms with Crippen molar-refractivity contribution in [1.82, 2.24) is 0 Å². The van der Waals surface area contributed by atoms with E-state index < -0.39 is 0 Å². The molecule has 0 spiro atoms. The Kier molecular flexibility index (Phi) is 22.4. The molecule has 3 aromatic carbocycles. The van der Waals surface area contributed by atoms with Crippen molar-refractivity contribution in [2.75, 3.05) is 36.2 Å². The molecular formula is C42H66O2S2. The zero-order chi connectivity index (χ0) is 32.3. The van der Waals surface area contributed by atoms with E-state index >= 15 is 0 Å². The van der Waals surface area contributed by atoms with Gasteiger partial charge in [0.2, 0.25) is 0 Å². The molecule has 4 heteroatoms. The molecule has 0 saturated heterocycles. The lowest BCUT2D eigenvalue weighted by atomic mass is 10.0. The van der Waals surface area contributed by atoms with Crippen LogP contribution in [0, 0.1) is 0 Å². The van der Waals surface area contributed by atoms with Crippen LogP contribution in [0.4, 0.5) is 0 Å². The van der Waals surface area contributed by atoms with Crippen molar-refractivity contribution in [3.05, 3.63) is 48.5 Å². The van der Waals surface area contributed by atoms with Crippen molar-refractivity contribution in [2.45, 2.75) is 142 Å². The van der Waals surface area contributed by atoms with Gasteiger partial charge in [0, 0.05) is 33.1 Å². The molecule has 0 aliphatic carbocycles. The molecule has 0 atom stereocenters. The van der Waals surface area contributed by atoms with Crippen LogP contribution in [-0.2, 0) is 0 Å². The van der Waals surface area contributed by atoms with Crippen LogP contribution in [0.15, 0.2) is 48.5 Å². The summed E-state index contributed by atoms with van der Waals surface area (Å²) >= 11 is 4.08. The number of rotatable bonds is 30. The van der Waals surface area contributed by atoms with Crippen molar-refractivity contribution in [2.24, 2.45) is 0 Å². The lowest BCUT2D eigenvalue weighted by Crippen LogP contribution is -2.05. The van der Waals surface area contributed by atoms with Crippen molar-refractivity contribution in [3.8, 4) is 11.5 Å². The molecule has 0 heterocycles. The summed E-state index contributed by atoms with van der Waals surface area (Å²) in [6.45, 7) is 6.07. The van der Waals surface area contributed by atoms with E-state index in [9.17, 15) is 0 Å². The molecule has 0 aliphatic rings. The standard InChI is InChI=1S/C42H66O2S2/c1-3-5-7-9-11-13-15-17-19-25-33-45-35-31-43-41-37-27-21-23-29-39(37)42(40-30-24-22-28-38(40)41)44-32-36-46-34-26-20-18-16-14-12-10-8-6-4-2/h21-24,27-30H,3-20,25-26,31-36H2,1-2H3. The zero-order valence-electron chi connectivity index (χ0n) is 29.6. The van der Waals surface area contributed by atoms with E-state index in [2.05, 4.69) is 62.4 Å². The lowest BCUT2D eigenvalue weighted by Gasteiger charge is -2.18. The smallest absolute Gasteiger partial charge is 0.135 e. The highest BCUT2D eigenvalue weighted by Crippen LogP contribution is 2.42. The fourth-order valence-corrected chi connectivity index (χ4v) is 7.98. The van der Waals surface area contributed by atoms with Crippen LogP contribution in [0.5, 0.6) is 11.5 Å². The van der Waals surface area contributed by atoms with Crippen LogP contribution >= 0.6 is 23.5 Å². The molecule has 0 aromatic heterocycles. The summed E-state index contributed by atoms with van der Waals surface area (Å²) in [6, 6.07) is 17.3. The molecule has 0 aliphatic heterocycles. The van der Waals surface area contributed by atoms with Gasteiger partial charge in [-0.15, -0.1) is 0 Å². The van der Waals surface area contributed by atoms with Gasteiger partial charge < -0.3 is 9.47 Å². The Hall–Kier alpha value is -1.52. The van der Waals surface area contributed by atoms with Crippen LogP contribution in [0.1, 0.15) is 142 Å². The van der Waals surface area contributed by atoms with Gasteiger partial charge in [0.25, 0.3) is 0 Å². The molecule has 0 fully saturated rings. The second kappa shape index (κ2) is 26.4. The second-order valence-electron chi connectivity index (χ2n) is 13.0. The van der Waals surface area contributed by atoms with Crippen molar-refractivity contribution in [3.63, 3.8) is 0 Å². The van der Waals surface area contributed by atoms with Gasteiger partial charge in [-0.2, -0.15) is 23.5 Å². The van der Waals surface area contributed by atoms with Gasteiger partial charge in [-0.05, 0) is 24.3 Å². The average Bonchev–Trinajstić information content (AvgIpc) is 3.09. The second-order valence-corrected chi connectivity index (χ2v) is 15.5. The molecule has 0 N–H and O–H groups in total. The summed E-state index contributed by atoms with van der Waals surface area (Å²) < 4.78 is 13.1. The predicted molar refractivity (Wildman–Crippen MR) is 211 cm³/mol. The Balaban J connectivity index is 1.35. The highest BCUT2D eigenvalue weighted by atomic mass is 32.2. The molecule has 0 saturated carbocycles. The molecule has 3 rings (SSSR count). The predicted octanol–water partition coefficient (Wildman–Crippen LogP) is 14.1. The fraction of sp³-hybridized carbons (Fsp3) is 0.667. The van der Waals surface area contributed by atoms with E-state index in [1.165, 1.54) is 140 Å². The normalized spacial score (nSPS) is 11.5. The van der Waals surface area contributed by atoms with Gasteiger partial charge in [-0.3, -0.25) is 0 Å². The summed E-state index contributed by atoms with van der Waals surface area (Å²) in [5, 5.41) is 4.64. The molecular weight excluding hydrogens is 601 g/mol. The first kappa shape index (κ1) is 38.9. The van der Waals surface area contributed by atoms with Gasteiger partial charge >= 0.3 is 0 Å². The minimum absolute atomic E-state index is 0.742. The Morgan fingerprint density at radius 1 is 0.370 bits per heavy atom. The van der Waals surface area contributed by atoms with Crippen molar-refractivity contribution in [1.29, 1.82) is 0 Å². The maximum absolute atomic E-state index is 6.53. The molecule has 2 nitrogen and oxygen atoms in total. The SMILES string of the molecule is CCCCCCCCCCCCSCCOc1c2ccccc2c(OCCSCCCCCCCCCCCC)c2ccccc12. The first-order chi connectivity index (χ1) is 22.9. The first-order valence-electron chi connectivity index (χ1n) is 19.2. The van der Waals surface area contributed by atoms with Crippen LogP contribution < -0.4 is 9.47 Å². The highest BCUT2D eigenvalue weighted by molar-refractivity contribution is 7.99. The molecule has 3 aromatic rings. The molecule has 0 amide bonds. The average molecular weight is 667 g/mol. The molecule has 0 radical (unpaired) electrons. The maximum atomic E-state index is 6.53. The van der Waals surface area contributed by atoms with Crippen LogP contribution in [0.3, 0.4) is 0 Å². The molecule has 258 valence electrons. The molecule has 0 unspecified atom stereocenters. The van der Waals surface area contributed by atoms with E-state index in [1.807, 2.05) is 23.5 Å². The Morgan fingerprint density at radius 2 is 0.652 bits per heavy atom. The number of ether oxygens (including phenoxy) is 2. The number of benzene rings is 3. The van der Waals surface area contributed by atoms with E-state index in [0.29, 0.717) is 0 Å². The molecule has 0 bridgehead atoms. The quantitative estimate of drug-likeness (QED) is 0.0520. The summed E-state index contributed by atoms with van der Waals surface area (Å²) in [6.07, 6.45) is 28.0. The van der Waals surface area contributed by atoms with Crippen LogP contribution in [-0.4, -0.2) is 36.2 Å². The minimum Gasteiger partial charge on any atom is -0.491 e. The third kappa shape index (κ3) is 15.6. The van der Waals surface area contributed by atoms with Gasteiger partial charge in [-0.25, -0.2) is 0 Å². The monoisotopic (exact) mass is 666 g/mol. The van der Waals surface area contributed by atoms with E-state index in [1.54, 1.807) is 0 Å². The first-order valence-corrected chi connectivity index (χ1v) is 21.5. The minimum atomic E-state index is 0.742. The van der Waals surface area contributed by atoms with E-state index in [0.717, 1.165) is 57.8 Å². The maximum Gasteiger partial charge on any atom is 0.135 e. The van der Waals surface area contributed by atoms with E-state index in [-0.39, 0.29) is 0 Å². The van der Waals surface area contributed by atoms with Crippen molar-refractivity contribution < 1.29 is 9.47 Å². The fourth-order valence-electron chi connectivity index (χ4n) is 6.35. The van der Waals surface area contributed by atoms with Gasteiger partial charge in [0.15, 0.2) is 0 Å². The number of hydrogen-bond donors (Lipinski definition) is 0.